The number of carbonyl (C=O) groups is 2. The third kappa shape index (κ3) is 2.85. The Kier molecular flexibility index (Phi) is 4.20. The standard InChI is InChI=1S/C19H21Cl2NO3/c1-17(2)13-7-5-6-8-14(13)22(4)15(17)9-12(23)10-25-16(24)18(3)11-19(18,20)21/h5-9H,10-11H2,1-4H3/b15-9+. The molecule has 0 N–H and O–H groups in total. The molecule has 0 spiro atoms. The van der Waals surface area contributed by atoms with Gasteiger partial charge < -0.3 is 9.64 Å². The first-order valence-electron chi connectivity index (χ1n) is 8.14. The molecule has 4 nitrogen and oxygen atoms in total. The summed E-state index contributed by atoms with van der Waals surface area (Å²) in [7, 11) is 1.93. The van der Waals surface area contributed by atoms with E-state index in [4.69, 9.17) is 27.9 Å². The van der Waals surface area contributed by atoms with Gasteiger partial charge in [-0.05, 0) is 18.6 Å². The molecule has 1 aromatic carbocycles. The van der Waals surface area contributed by atoms with Crippen molar-refractivity contribution in [3.63, 3.8) is 0 Å². The molecule has 0 amide bonds. The highest BCUT2D eigenvalue weighted by Crippen LogP contribution is 2.64. The fourth-order valence-electron chi connectivity index (χ4n) is 3.37. The number of esters is 1. The van der Waals surface area contributed by atoms with E-state index in [1.54, 1.807) is 13.0 Å². The molecule has 134 valence electrons. The van der Waals surface area contributed by atoms with Gasteiger partial charge in [-0.15, -0.1) is 23.2 Å². The number of ether oxygens (including phenoxy) is 1. The number of likely N-dealkylation sites (N-methyl/N-ethyl adjacent to an activating group) is 1. The van der Waals surface area contributed by atoms with Crippen LogP contribution >= 0.6 is 23.2 Å². The molecular weight excluding hydrogens is 361 g/mol. The lowest BCUT2D eigenvalue weighted by Crippen LogP contribution is -2.26. The minimum absolute atomic E-state index is 0.268. The zero-order valence-corrected chi connectivity index (χ0v) is 16.2. The van der Waals surface area contributed by atoms with Crippen molar-refractivity contribution in [3.8, 4) is 0 Å². The number of nitrogens with zero attached hydrogens (tertiary/aromatic N) is 1. The van der Waals surface area contributed by atoms with Gasteiger partial charge in [-0.2, -0.15) is 0 Å². The molecule has 1 aromatic rings. The highest BCUT2D eigenvalue weighted by molar-refractivity contribution is 6.53. The summed E-state index contributed by atoms with van der Waals surface area (Å²) >= 11 is 11.9. The van der Waals surface area contributed by atoms with Crippen molar-refractivity contribution in [1.29, 1.82) is 0 Å². The Balaban J connectivity index is 1.71. The molecule has 1 atom stereocenters. The molecule has 2 aliphatic rings. The van der Waals surface area contributed by atoms with Gasteiger partial charge >= 0.3 is 5.97 Å². The highest BCUT2D eigenvalue weighted by Gasteiger charge is 2.69. The molecule has 6 heteroatoms. The number of halogens is 2. The Morgan fingerprint density at radius 2 is 1.84 bits per heavy atom. The third-order valence-corrected chi connectivity index (χ3v) is 6.39. The maximum Gasteiger partial charge on any atom is 0.315 e. The molecule has 0 saturated heterocycles. The second-order valence-corrected chi connectivity index (χ2v) is 8.97. The average Bonchev–Trinajstić information content (AvgIpc) is 3.01. The molecule has 3 rings (SSSR count). The lowest BCUT2D eigenvalue weighted by Gasteiger charge is -2.24. The number of carbonyl (C=O) groups excluding carboxylic acids is 2. The lowest BCUT2D eigenvalue weighted by molar-refractivity contribution is -0.152. The summed E-state index contributed by atoms with van der Waals surface area (Å²) in [6.45, 7) is 5.47. The lowest BCUT2D eigenvalue weighted by atomic mass is 9.83. The summed E-state index contributed by atoms with van der Waals surface area (Å²) < 4.78 is 4.04. The van der Waals surface area contributed by atoms with Gasteiger partial charge in [-0.25, -0.2) is 0 Å². The number of alkyl halides is 2. The second-order valence-electron chi connectivity index (χ2n) is 7.49. The summed E-state index contributed by atoms with van der Waals surface area (Å²) in [4.78, 5) is 26.4. The van der Waals surface area contributed by atoms with E-state index in [0.29, 0.717) is 6.42 Å². The first-order valence-corrected chi connectivity index (χ1v) is 8.89. The van der Waals surface area contributed by atoms with Gasteiger partial charge in [0.2, 0.25) is 0 Å². The smallest absolute Gasteiger partial charge is 0.315 e. The van der Waals surface area contributed by atoms with Crippen LogP contribution in [0.25, 0.3) is 0 Å². The summed E-state index contributed by atoms with van der Waals surface area (Å²) in [5.74, 6) is -0.804. The first kappa shape index (κ1) is 18.3. The van der Waals surface area contributed by atoms with Crippen LogP contribution in [0.5, 0.6) is 0 Å². The number of anilines is 1. The number of para-hydroxylation sites is 1. The largest absolute Gasteiger partial charge is 0.457 e. The molecule has 1 unspecified atom stereocenters. The zero-order chi connectivity index (χ0) is 18.6. The minimum Gasteiger partial charge on any atom is -0.457 e. The van der Waals surface area contributed by atoms with Gasteiger partial charge in [0, 0.05) is 36.3 Å². The van der Waals surface area contributed by atoms with E-state index in [9.17, 15) is 9.59 Å². The number of hydrogen-bond donors (Lipinski definition) is 0. The van der Waals surface area contributed by atoms with E-state index in [2.05, 4.69) is 19.9 Å². The number of benzene rings is 1. The normalized spacial score (nSPS) is 27.1. The van der Waals surface area contributed by atoms with E-state index in [-0.39, 0.29) is 17.8 Å². The molecule has 1 saturated carbocycles. The monoisotopic (exact) mass is 381 g/mol. The Morgan fingerprint density at radius 3 is 2.40 bits per heavy atom. The van der Waals surface area contributed by atoms with Crippen molar-refractivity contribution in [1.82, 2.24) is 0 Å². The van der Waals surface area contributed by atoms with Crippen LogP contribution in [0.3, 0.4) is 0 Å². The van der Waals surface area contributed by atoms with Gasteiger partial charge in [0.15, 0.2) is 12.4 Å². The number of fused-ring (bicyclic) bond motifs is 1. The maximum atomic E-state index is 12.4. The number of hydrogen-bond acceptors (Lipinski definition) is 4. The summed E-state index contributed by atoms with van der Waals surface area (Å²) in [6.07, 6.45) is 1.89. The van der Waals surface area contributed by atoms with Crippen LogP contribution in [-0.4, -0.2) is 29.7 Å². The van der Waals surface area contributed by atoms with Crippen LogP contribution in [0.2, 0.25) is 0 Å². The Morgan fingerprint density at radius 1 is 1.24 bits per heavy atom. The zero-order valence-electron chi connectivity index (χ0n) is 14.7. The van der Waals surface area contributed by atoms with E-state index in [1.807, 2.05) is 30.1 Å². The summed E-state index contributed by atoms with van der Waals surface area (Å²) in [5.41, 5.74) is 1.88. The fourth-order valence-corrected chi connectivity index (χ4v) is 4.06. The average molecular weight is 382 g/mol. The highest BCUT2D eigenvalue weighted by atomic mass is 35.5. The van der Waals surface area contributed by atoms with Gasteiger partial charge in [0.1, 0.15) is 9.75 Å². The van der Waals surface area contributed by atoms with Crippen molar-refractivity contribution in [2.75, 3.05) is 18.6 Å². The van der Waals surface area contributed by atoms with Crippen molar-refractivity contribution in [3.05, 3.63) is 41.6 Å². The molecule has 25 heavy (non-hydrogen) atoms. The molecule has 1 aliphatic heterocycles. The van der Waals surface area contributed by atoms with Crippen LogP contribution in [-0.2, 0) is 19.7 Å². The van der Waals surface area contributed by atoms with E-state index >= 15 is 0 Å². The van der Waals surface area contributed by atoms with E-state index in [0.717, 1.165) is 16.9 Å². The fraction of sp³-hybridized carbons (Fsp3) is 0.474. The molecular formula is C19H21Cl2NO3. The van der Waals surface area contributed by atoms with Crippen molar-refractivity contribution >= 4 is 40.6 Å². The molecule has 0 bridgehead atoms. The first-order chi connectivity index (χ1) is 11.5. The summed E-state index contributed by atoms with van der Waals surface area (Å²) in [6, 6.07) is 8.04. The quantitative estimate of drug-likeness (QED) is 0.449. The number of allylic oxidation sites excluding steroid dienone is 1. The van der Waals surface area contributed by atoms with E-state index in [1.165, 1.54) is 0 Å². The van der Waals surface area contributed by atoms with Crippen LogP contribution in [0, 0.1) is 5.41 Å². The Hall–Kier alpha value is -1.52. The van der Waals surface area contributed by atoms with E-state index < -0.39 is 15.7 Å². The predicted octanol–water partition coefficient (Wildman–Crippen LogP) is 3.99. The minimum atomic E-state index is -1.10. The van der Waals surface area contributed by atoms with Crippen LogP contribution < -0.4 is 4.90 Å². The van der Waals surface area contributed by atoms with Gasteiger partial charge in [-0.1, -0.05) is 32.0 Å². The van der Waals surface area contributed by atoms with Crippen molar-refractivity contribution in [2.45, 2.75) is 36.9 Å². The SMILES string of the molecule is CN1/C(=C/C(=O)COC(=O)C2(C)CC2(Cl)Cl)C(C)(C)c2ccccc21. The Bertz CT molecular complexity index is 785. The molecule has 1 heterocycles. The van der Waals surface area contributed by atoms with Gasteiger partial charge in [-0.3, -0.25) is 9.59 Å². The maximum absolute atomic E-state index is 12.4. The molecule has 0 radical (unpaired) electrons. The van der Waals surface area contributed by atoms with Crippen molar-refractivity contribution < 1.29 is 14.3 Å². The predicted molar refractivity (Wildman–Crippen MR) is 99.1 cm³/mol. The van der Waals surface area contributed by atoms with Gasteiger partial charge in [0.25, 0.3) is 0 Å². The van der Waals surface area contributed by atoms with Crippen molar-refractivity contribution in [2.24, 2.45) is 5.41 Å². The number of rotatable bonds is 4. The summed E-state index contributed by atoms with van der Waals surface area (Å²) in [5, 5.41) is 0. The topological polar surface area (TPSA) is 46.6 Å². The molecule has 1 fully saturated rings. The third-order valence-electron chi connectivity index (χ3n) is 5.29. The van der Waals surface area contributed by atoms with Crippen LogP contribution in [0.1, 0.15) is 32.8 Å². The van der Waals surface area contributed by atoms with Crippen LogP contribution in [0.15, 0.2) is 36.0 Å². The number of ketones is 1. The van der Waals surface area contributed by atoms with Gasteiger partial charge in [0.05, 0.1) is 0 Å². The van der Waals surface area contributed by atoms with Crippen LogP contribution in [0.4, 0.5) is 5.69 Å². The second kappa shape index (κ2) is 5.75. The Labute approximate surface area is 157 Å². The molecule has 0 aromatic heterocycles. The molecule has 1 aliphatic carbocycles.